The summed E-state index contributed by atoms with van der Waals surface area (Å²) in [4.78, 5) is 33.3. The summed E-state index contributed by atoms with van der Waals surface area (Å²) in [6, 6.07) is 160. The van der Waals surface area contributed by atoms with Crippen molar-refractivity contribution >= 4 is 277 Å². The normalized spacial score (nSPS) is 12.4. The van der Waals surface area contributed by atoms with E-state index in [-0.39, 0.29) is 0 Å². The van der Waals surface area contributed by atoms with Crippen molar-refractivity contribution < 1.29 is 8.83 Å². The molecule has 0 bridgehead atoms. The van der Waals surface area contributed by atoms with Crippen LogP contribution in [0.5, 0.6) is 0 Å². The van der Waals surface area contributed by atoms with Crippen LogP contribution in [-0.4, -0.2) is 56.8 Å². The summed E-state index contributed by atoms with van der Waals surface area (Å²) in [6.07, 6.45) is 0. The maximum atomic E-state index is 6.52. The van der Waals surface area contributed by atoms with Crippen LogP contribution in [0, 0.1) is 0 Å². The van der Waals surface area contributed by atoms with Crippen molar-refractivity contribution in [2.75, 3.05) is 0 Å². The zero-order valence-corrected chi connectivity index (χ0v) is 80.1. The van der Waals surface area contributed by atoms with E-state index in [9.17, 15) is 0 Å². The van der Waals surface area contributed by atoms with E-state index in [1.807, 2.05) is 42.5 Å². The second-order valence-corrected chi connectivity index (χ2v) is 40.3. The van der Waals surface area contributed by atoms with Crippen molar-refractivity contribution in [3.63, 3.8) is 0 Å². The van der Waals surface area contributed by atoms with Crippen LogP contribution in [0.2, 0.25) is 0 Å². The van der Waals surface area contributed by atoms with Gasteiger partial charge in [-0.1, -0.05) is 346 Å². The maximum absolute atomic E-state index is 6.52. The molecule has 0 atom stereocenters. The van der Waals surface area contributed by atoms with Gasteiger partial charge in [0.1, 0.15) is 16.0 Å². The molecule has 15 aromatic heterocycles. The fraction of sp³-hybridized carbons (Fsp3) is 0. The Balaban J connectivity index is 0.0000000953. The summed E-state index contributed by atoms with van der Waals surface area (Å²) < 4.78 is 28.4. The number of thiophene rings is 1. The predicted octanol–water partition coefficient (Wildman–Crippen LogP) is 35.3. The van der Waals surface area contributed by atoms with Gasteiger partial charge in [-0.15, -0.1) is 11.3 Å². The number of para-hydroxylation sites is 11. The van der Waals surface area contributed by atoms with Crippen molar-refractivity contribution in [3.8, 4) is 62.7 Å². The van der Waals surface area contributed by atoms with Gasteiger partial charge < -0.3 is 22.0 Å². The Morgan fingerprint density at radius 2 is 0.463 bits per heavy atom. The number of furan rings is 2. The van der Waals surface area contributed by atoms with E-state index in [1.54, 1.807) is 11.3 Å². The smallest absolute Gasteiger partial charge is 0.238 e. The minimum Gasteiger partial charge on any atom is -0.437 e. The highest BCUT2D eigenvalue weighted by atomic mass is 32.1. The first-order valence-electron chi connectivity index (χ1n) is 50.5. The molecule has 0 N–H and O–H groups in total. The first-order chi connectivity index (χ1) is 73.9. The molecule has 14 nitrogen and oxygen atoms in total. The number of aromatic nitrogens is 12. The van der Waals surface area contributed by atoms with Gasteiger partial charge in [0.25, 0.3) is 0 Å². The minimum absolute atomic E-state index is 0.571. The molecule has 149 heavy (non-hydrogen) atoms. The monoisotopic (exact) mass is 1910 g/mol. The Labute approximate surface area is 848 Å². The van der Waals surface area contributed by atoms with Crippen molar-refractivity contribution in [2.24, 2.45) is 0 Å². The molecule has 15 heterocycles. The van der Waals surface area contributed by atoms with Crippen molar-refractivity contribution in [3.05, 3.63) is 449 Å². The van der Waals surface area contributed by atoms with E-state index in [0.717, 1.165) is 115 Å². The van der Waals surface area contributed by atoms with Crippen molar-refractivity contribution in [2.45, 2.75) is 0 Å². The number of fused-ring (bicyclic) bond motifs is 41. The summed E-state index contributed by atoms with van der Waals surface area (Å²) in [5.74, 6) is 1.86. The molecule has 21 aromatic carbocycles. The molecular weight excluding hydrogens is 1840 g/mol. The lowest BCUT2D eigenvalue weighted by Crippen LogP contribution is -2.03. The van der Waals surface area contributed by atoms with E-state index < -0.39 is 0 Å². The fourth-order valence-electron chi connectivity index (χ4n) is 25.4. The molecule has 36 aromatic rings. The van der Waals surface area contributed by atoms with Gasteiger partial charge in [-0.05, 0) is 136 Å². The van der Waals surface area contributed by atoms with Crippen LogP contribution in [0.15, 0.2) is 458 Å². The summed E-state index contributed by atoms with van der Waals surface area (Å²) in [7, 11) is 0. The Morgan fingerprint density at radius 1 is 0.174 bits per heavy atom. The van der Waals surface area contributed by atoms with E-state index in [1.165, 1.54) is 184 Å². The standard InChI is InChI=1S/C46H26N4O.C44H24N4O.C44H24N4S/c1-2-12-27(13-3-1)28-22-24-29(25-23-28)43-42-33-17-7-11-21-39(33)51-45(42)48-46(47-43)50-37-20-10-5-15-31(37)40-38(50)26-34-30-14-4-8-18-35(30)49-36-19-9-6-16-32(36)41(40)44(34)49;2*1-2-12-26-23-27(22-21-25(26)11-1)41-40-31-16-6-10-20-37(31)49-43(40)46-44(45-41)48-35-19-9-4-14-29(35)38-36(48)24-32-28-13-3-7-17-33(28)47-34-18-8-5-15-30(34)39(38)42(32)47/h1-26H;2*1-24H. The molecule has 0 fully saturated rings. The highest BCUT2D eigenvalue weighted by Gasteiger charge is 2.33. The van der Waals surface area contributed by atoms with E-state index in [2.05, 4.69) is 433 Å². The average Bonchev–Trinajstić information content (AvgIpc) is 1.52. The molecule has 36 rings (SSSR count). The minimum atomic E-state index is 0.571. The molecule has 0 saturated carbocycles. The number of hydrogen-bond acceptors (Lipinski definition) is 9. The number of nitrogens with zero attached hydrogens (tertiary/aromatic N) is 12. The fourth-order valence-corrected chi connectivity index (χ4v) is 26.5. The lowest BCUT2D eigenvalue weighted by Gasteiger charge is -2.11. The SMILES string of the molecule is c1ccc(-c2ccc(-c3nc(-n4c5ccccc5c5c6c7ccccc7n7c8ccccc8c(cc54)c67)nc4oc5ccccc5c34)cc2)cc1.c1ccc2cc(-c3nc(-n4c5ccccc5c5c6c7ccccc7n7c8ccccc8c(cc54)c67)nc4oc5ccccc5c34)ccc2c1.c1ccc2cc(-c3nc(-n4c5ccccc5c5c6c7ccccc7n7c8ccccc8c(cc54)c67)nc4sc5ccccc5c34)ccc2c1. The molecule has 0 aliphatic carbocycles. The third-order valence-electron chi connectivity index (χ3n) is 31.6. The number of benzene rings is 21. The predicted molar refractivity (Wildman–Crippen MR) is 617 cm³/mol. The highest BCUT2D eigenvalue weighted by Crippen LogP contribution is 2.54. The molecular formula is C134H74N12O2S. The first-order valence-corrected chi connectivity index (χ1v) is 51.3. The molecule has 688 valence electrons. The van der Waals surface area contributed by atoms with Crippen LogP contribution in [-0.2, 0) is 0 Å². The average molecular weight is 1920 g/mol. The molecule has 0 aliphatic heterocycles. The summed E-state index contributed by atoms with van der Waals surface area (Å²) >= 11 is 1.74. The molecule has 0 unspecified atom stereocenters. The van der Waals surface area contributed by atoms with Crippen LogP contribution in [0.25, 0.3) is 328 Å². The van der Waals surface area contributed by atoms with Gasteiger partial charge >= 0.3 is 0 Å². The third kappa shape index (κ3) is 11.2. The lowest BCUT2D eigenvalue weighted by atomic mass is 10.0. The molecule has 0 radical (unpaired) electrons. The van der Waals surface area contributed by atoms with Gasteiger partial charge in [0.05, 0.1) is 111 Å². The Hall–Kier alpha value is -20.0. The summed E-state index contributed by atoms with van der Waals surface area (Å²) in [6.45, 7) is 0. The second-order valence-electron chi connectivity index (χ2n) is 39.3. The number of hydrogen-bond donors (Lipinski definition) is 0. The second kappa shape index (κ2) is 30.3. The van der Waals surface area contributed by atoms with Crippen LogP contribution in [0.4, 0.5) is 0 Å². The zero-order chi connectivity index (χ0) is 96.8. The van der Waals surface area contributed by atoms with Gasteiger partial charge in [0, 0.05) is 140 Å². The maximum Gasteiger partial charge on any atom is 0.238 e. The van der Waals surface area contributed by atoms with Gasteiger partial charge in [-0.25, -0.2) is 19.9 Å². The zero-order valence-electron chi connectivity index (χ0n) is 79.3. The first kappa shape index (κ1) is 80.5. The lowest BCUT2D eigenvalue weighted by molar-refractivity contribution is 0.651. The van der Waals surface area contributed by atoms with Gasteiger partial charge in [-0.3, -0.25) is 13.7 Å². The highest BCUT2D eigenvalue weighted by molar-refractivity contribution is 7.25. The molecule has 15 heteroatoms. The third-order valence-corrected chi connectivity index (χ3v) is 32.7. The van der Waals surface area contributed by atoms with Crippen LogP contribution < -0.4 is 0 Å². The Kier molecular flexibility index (Phi) is 16.4. The van der Waals surface area contributed by atoms with Gasteiger partial charge in [-0.2, -0.15) is 9.97 Å². The van der Waals surface area contributed by atoms with E-state index in [0.29, 0.717) is 29.3 Å². The molecule has 0 saturated heterocycles. The summed E-state index contributed by atoms with van der Waals surface area (Å²) in [5, 5.41) is 33.1. The molecule has 0 aliphatic rings. The summed E-state index contributed by atoms with van der Waals surface area (Å²) in [5.41, 5.74) is 28.4. The van der Waals surface area contributed by atoms with Crippen molar-refractivity contribution in [1.29, 1.82) is 0 Å². The van der Waals surface area contributed by atoms with E-state index >= 15 is 0 Å². The van der Waals surface area contributed by atoms with Gasteiger partial charge in [0.2, 0.25) is 29.3 Å². The quantitative estimate of drug-likeness (QED) is 0.154. The van der Waals surface area contributed by atoms with Crippen molar-refractivity contribution in [1.82, 2.24) is 56.8 Å². The Bertz CT molecular complexity index is 11700. The Morgan fingerprint density at radius 3 is 0.872 bits per heavy atom. The number of rotatable bonds is 7. The molecule has 0 amide bonds. The van der Waals surface area contributed by atoms with Gasteiger partial charge in [0.15, 0.2) is 0 Å². The topological polar surface area (TPSA) is 132 Å². The van der Waals surface area contributed by atoms with Crippen LogP contribution in [0.3, 0.4) is 0 Å². The van der Waals surface area contributed by atoms with Crippen LogP contribution in [0.1, 0.15) is 0 Å². The largest absolute Gasteiger partial charge is 0.437 e. The van der Waals surface area contributed by atoms with Crippen LogP contribution >= 0.6 is 11.3 Å². The molecule has 0 spiro atoms. The van der Waals surface area contributed by atoms with E-state index in [4.69, 9.17) is 38.7 Å².